The predicted molar refractivity (Wildman–Crippen MR) is 112 cm³/mol. The van der Waals surface area contributed by atoms with Gasteiger partial charge in [0.25, 0.3) is 0 Å². The van der Waals surface area contributed by atoms with Crippen molar-refractivity contribution in [1.82, 2.24) is 9.47 Å². The van der Waals surface area contributed by atoms with Gasteiger partial charge in [0.1, 0.15) is 0 Å². The third-order valence-corrected chi connectivity index (χ3v) is 4.80. The van der Waals surface area contributed by atoms with Gasteiger partial charge in [-0.25, -0.2) is 0 Å². The van der Waals surface area contributed by atoms with Crippen molar-refractivity contribution >= 4 is 17.4 Å². The lowest BCUT2D eigenvalue weighted by atomic mass is 10.1. The molecule has 0 radical (unpaired) electrons. The molecule has 28 heavy (non-hydrogen) atoms. The number of aromatic nitrogens is 1. The Bertz CT molecular complexity index is 824. The third-order valence-electron chi connectivity index (χ3n) is 4.80. The fourth-order valence-electron chi connectivity index (χ4n) is 3.52. The number of ketones is 1. The normalized spacial score (nSPS) is 12.2. The molecule has 0 bridgehead atoms. The maximum atomic E-state index is 12.8. The van der Waals surface area contributed by atoms with E-state index in [1.807, 2.05) is 51.1 Å². The lowest BCUT2D eigenvalue weighted by Gasteiger charge is -2.18. The molecule has 0 saturated heterocycles. The molecule has 0 fully saturated rings. The van der Waals surface area contributed by atoms with Crippen molar-refractivity contribution in [2.75, 3.05) is 39.2 Å². The van der Waals surface area contributed by atoms with Crippen LogP contribution in [0.5, 0.6) is 0 Å². The van der Waals surface area contributed by atoms with Gasteiger partial charge < -0.3 is 14.6 Å². The van der Waals surface area contributed by atoms with Crippen LogP contribution in [0.1, 0.15) is 40.3 Å². The molecule has 0 aliphatic rings. The highest BCUT2D eigenvalue weighted by molar-refractivity contribution is 5.99. The Balaban J connectivity index is 1.97. The SMILES string of the molecule is COC[C@@H](C)n1c(C)cc(C(=O)CN(C)CC(=O)Nc2ccc(C)cc2)c1C. The number of ether oxygens (including phenoxy) is 1. The number of nitrogens with zero attached hydrogens (tertiary/aromatic N) is 2. The van der Waals surface area contributed by atoms with Gasteiger partial charge in [-0.05, 0) is 52.9 Å². The third kappa shape index (κ3) is 5.53. The average Bonchev–Trinajstić information content (AvgIpc) is 2.91. The van der Waals surface area contributed by atoms with Gasteiger partial charge >= 0.3 is 0 Å². The van der Waals surface area contributed by atoms with Gasteiger partial charge in [-0.1, -0.05) is 17.7 Å². The first-order valence-corrected chi connectivity index (χ1v) is 9.48. The summed E-state index contributed by atoms with van der Waals surface area (Å²) in [4.78, 5) is 26.7. The number of aryl methyl sites for hydroxylation is 2. The molecule has 1 aromatic heterocycles. The minimum atomic E-state index is -0.140. The molecule has 2 aromatic rings. The quantitative estimate of drug-likeness (QED) is 0.672. The molecule has 0 unspecified atom stereocenters. The van der Waals surface area contributed by atoms with E-state index in [4.69, 9.17) is 4.74 Å². The zero-order valence-electron chi connectivity index (χ0n) is 17.7. The second kappa shape index (κ2) is 9.66. The summed E-state index contributed by atoms with van der Waals surface area (Å²) in [5.74, 6) is -0.132. The van der Waals surface area contributed by atoms with E-state index in [-0.39, 0.29) is 30.8 Å². The van der Waals surface area contributed by atoms with Crippen LogP contribution in [0.4, 0.5) is 5.69 Å². The molecular formula is C22H31N3O3. The standard InChI is InChI=1S/C22H31N3O3/c1-15-7-9-19(10-8-15)23-22(27)13-24(5)12-21(26)20-11-16(2)25(18(20)4)17(3)14-28-6/h7-11,17H,12-14H2,1-6H3,(H,23,27)/t17-/m1/s1. The molecule has 6 heteroatoms. The van der Waals surface area contributed by atoms with E-state index in [1.54, 1.807) is 19.1 Å². The summed E-state index contributed by atoms with van der Waals surface area (Å²) in [6.07, 6.45) is 0. The van der Waals surface area contributed by atoms with Gasteiger partial charge in [-0.2, -0.15) is 0 Å². The highest BCUT2D eigenvalue weighted by Gasteiger charge is 2.20. The molecule has 1 N–H and O–H groups in total. The second-order valence-corrected chi connectivity index (χ2v) is 7.47. The molecule has 0 aliphatic carbocycles. The molecule has 152 valence electrons. The van der Waals surface area contributed by atoms with E-state index in [9.17, 15) is 9.59 Å². The molecule has 0 aliphatic heterocycles. The summed E-state index contributed by atoms with van der Waals surface area (Å²) in [7, 11) is 3.45. The van der Waals surface area contributed by atoms with Crippen LogP contribution in [-0.4, -0.2) is 55.0 Å². The lowest BCUT2D eigenvalue weighted by Crippen LogP contribution is -2.34. The van der Waals surface area contributed by atoms with E-state index in [0.717, 1.165) is 22.6 Å². The number of hydrogen-bond donors (Lipinski definition) is 1. The first kappa shape index (κ1) is 21.9. The van der Waals surface area contributed by atoms with Gasteiger partial charge in [0.15, 0.2) is 5.78 Å². The smallest absolute Gasteiger partial charge is 0.238 e. The molecule has 0 spiro atoms. The second-order valence-electron chi connectivity index (χ2n) is 7.47. The van der Waals surface area contributed by atoms with Gasteiger partial charge in [0.05, 0.1) is 25.7 Å². The van der Waals surface area contributed by atoms with E-state index in [0.29, 0.717) is 12.2 Å². The predicted octanol–water partition coefficient (Wildman–Crippen LogP) is 3.37. The Kier molecular flexibility index (Phi) is 7.54. The number of methoxy groups -OCH3 is 1. The van der Waals surface area contributed by atoms with Crippen molar-refractivity contribution in [2.45, 2.75) is 33.7 Å². The number of benzene rings is 1. The Labute approximate surface area is 167 Å². The van der Waals surface area contributed by atoms with Gasteiger partial charge in [-0.15, -0.1) is 0 Å². The van der Waals surface area contributed by atoms with Crippen LogP contribution in [0.2, 0.25) is 0 Å². The van der Waals surface area contributed by atoms with E-state index < -0.39 is 0 Å². The molecule has 6 nitrogen and oxygen atoms in total. The summed E-state index contributed by atoms with van der Waals surface area (Å²) in [5, 5.41) is 2.86. The Morgan fingerprint density at radius 2 is 1.79 bits per heavy atom. The number of carbonyl (C=O) groups is 2. The summed E-state index contributed by atoms with van der Waals surface area (Å²) in [6.45, 7) is 8.94. The van der Waals surface area contributed by atoms with Crippen molar-refractivity contribution < 1.29 is 14.3 Å². The molecule has 1 aromatic carbocycles. The lowest BCUT2D eigenvalue weighted by molar-refractivity contribution is -0.116. The largest absolute Gasteiger partial charge is 0.383 e. The molecule has 1 amide bonds. The fourth-order valence-corrected chi connectivity index (χ4v) is 3.52. The zero-order chi connectivity index (χ0) is 20.8. The molecule has 1 atom stereocenters. The number of carbonyl (C=O) groups excluding carboxylic acids is 2. The highest BCUT2D eigenvalue weighted by atomic mass is 16.5. The summed E-state index contributed by atoms with van der Waals surface area (Å²) < 4.78 is 7.37. The van der Waals surface area contributed by atoms with Crippen LogP contribution in [0, 0.1) is 20.8 Å². The van der Waals surface area contributed by atoms with Gasteiger partial charge in [0.2, 0.25) is 5.91 Å². The maximum absolute atomic E-state index is 12.8. The zero-order valence-corrected chi connectivity index (χ0v) is 17.7. The van der Waals surface area contributed by atoms with Crippen LogP contribution >= 0.6 is 0 Å². The number of Topliss-reactive ketones (excluding diaryl/α,β-unsaturated/α-hetero) is 1. The number of nitrogens with one attached hydrogen (secondary N) is 1. The van der Waals surface area contributed by atoms with Crippen molar-refractivity contribution in [3.05, 3.63) is 52.8 Å². The van der Waals surface area contributed by atoms with Crippen molar-refractivity contribution in [3.63, 3.8) is 0 Å². The van der Waals surface area contributed by atoms with E-state index >= 15 is 0 Å². The summed E-state index contributed by atoms with van der Waals surface area (Å²) in [5.41, 5.74) is 4.56. The Hall–Kier alpha value is -2.44. The van der Waals surface area contributed by atoms with E-state index in [2.05, 4.69) is 16.8 Å². The van der Waals surface area contributed by atoms with Crippen molar-refractivity contribution in [3.8, 4) is 0 Å². The van der Waals surface area contributed by atoms with Crippen LogP contribution in [0.3, 0.4) is 0 Å². The molecule has 0 saturated carbocycles. The Morgan fingerprint density at radius 3 is 2.39 bits per heavy atom. The van der Waals surface area contributed by atoms with Crippen LogP contribution in [-0.2, 0) is 9.53 Å². The monoisotopic (exact) mass is 385 g/mol. The molecule has 1 heterocycles. The molecular weight excluding hydrogens is 354 g/mol. The first-order valence-electron chi connectivity index (χ1n) is 9.48. The van der Waals surface area contributed by atoms with Crippen LogP contribution < -0.4 is 5.32 Å². The summed E-state index contributed by atoms with van der Waals surface area (Å²) >= 11 is 0. The number of hydrogen-bond acceptors (Lipinski definition) is 4. The average molecular weight is 386 g/mol. The van der Waals surface area contributed by atoms with Crippen molar-refractivity contribution in [1.29, 1.82) is 0 Å². The topological polar surface area (TPSA) is 63.6 Å². The minimum Gasteiger partial charge on any atom is -0.383 e. The fraction of sp³-hybridized carbons (Fsp3) is 0.455. The number of rotatable bonds is 9. The number of amides is 1. The van der Waals surface area contributed by atoms with Gasteiger partial charge in [-0.3, -0.25) is 14.5 Å². The first-order chi connectivity index (χ1) is 13.2. The minimum absolute atomic E-state index is 0.00889. The number of anilines is 1. The van der Waals surface area contributed by atoms with Crippen molar-refractivity contribution in [2.24, 2.45) is 0 Å². The molecule has 2 rings (SSSR count). The maximum Gasteiger partial charge on any atom is 0.238 e. The Morgan fingerprint density at radius 1 is 1.14 bits per heavy atom. The van der Waals surface area contributed by atoms with Crippen LogP contribution in [0.25, 0.3) is 0 Å². The van der Waals surface area contributed by atoms with Gasteiger partial charge in [0, 0.05) is 29.7 Å². The number of likely N-dealkylation sites (N-methyl/N-ethyl adjacent to an activating group) is 1. The highest BCUT2D eigenvalue weighted by Crippen LogP contribution is 2.21. The van der Waals surface area contributed by atoms with E-state index in [1.165, 1.54) is 0 Å². The summed E-state index contributed by atoms with van der Waals surface area (Å²) in [6, 6.07) is 9.71. The van der Waals surface area contributed by atoms with Crippen LogP contribution in [0.15, 0.2) is 30.3 Å².